The summed E-state index contributed by atoms with van der Waals surface area (Å²) in [6, 6.07) is 19.7. The fraction of sp³-hybridized carbons (Fsp3) is 0.115. The number of nitrogens with zero attached hydrogens (tertiary/aromatic N) is 3. The monoisotopic (exact) mass is 462 g/mol. The lowest BCUT2D eigenvalue weighted by molar-refractivity contribution is -0.136. The Morgan fingerprint density at radius 3 is 2.35 bits per heavy atom. The molecular formula is C26H21F3N4O. The average Bonchev–Trinajstić information content (AvgIpc) is 2.84. The van der Waals surface area contributed by atoms with Crippen molar-refractivity contribution >= 4 is 27.5 Å². The van der Waals surface area contributed by atoms with Gasteiger partial charge in [-0.3, -0.25) is 19.3 Å². The summed E-state index contributed by atoms with van der Waals surface area (Å²) in [6.45, 7) is 1.87. The summed E-state index contributed by atoms with van der Waals surface area (Å²) in [6.07, 6.45) is -0.642. The standard InChI is InChI=1S/C18H14F3NO.C8H7N3/c1-2-13-11-12-7-6-10-15(18(19,20)21)16(12)17(23)22(13)14-8-4-3-5-9-14;9-6-3-5-10-7-2-1-4-11-8(6)7/h3-11H,2H2,1H3;1-5H,(H2,9,10). The predicted octanol–water partition coefficient (Wildman–Crippen LogP) is 5.78. The fourth-order valence-electron chi connectivity index (χ4n) is 3.77. The predicted molar refractivity (Wildman–Crippen MR) is 128 cm³/mol. The third-order valence-electron chi connectivity index (χ3n) is 5.33. The van der Waals surface area contributed by atoms with Crippen LogP contribution in [0.3, 0.4) is 0 Å². The number of hydrogen-bond acceptors (Lipinski definition) is 4. The fourth-order valence-corrected chi connectivity index (χ4v) is 3.77. The minimum Gasteiger partial charge on any atom is -0.397 e. The smallest absolute Gasteiger partial charge is 0.397 e. The maximum Gasteiger partial charge on any atom is 0.417 e. The number of halogens is 3. The molecule has 0 saturated heterocycles. The topological polar surface area (TPSA) is 73.8 Å². The van der Waals surface area contributed by atoms with Crippen LogP contribution >= 0.6 is 0 Å². The number of para-hydroxylation sites is 1. The van der Waals surface area contributed by atoms with E-state index >= 15 is 0 Å². The van der Waals surface area contributed by atoms with E-state index in [2.05, 4.69) is 9.97 Å². The molecular weight excluding hydrogens is 441 g/mol. The molecule has 3 aromatic heterocycles. The van der Waals surface area contributed by atoms with Crippen molar-refractivity contribution in [2.24, 2.45) is 0 Å². The summed E-state index contributed by atoms with van der Waals surface area (Å²) in [5.41, 5.74) is 7.64. The molecule has 0 bridgehead atoms. The second kappa shape index (κ2) is 9.35. The molecule has 0 atom stereocenters. The number of hydrogen-bond donors (Lipinski definition) is 1. The van der Waals surface area contributed by atoms with E-state index in [-0.39, 0.29) is 5.39 Å². The van der Waals surface area contributed by atoms with Gasteiger partial charge in [0.2, 0.25) is 0 Å². The molecule has 2 N–H and O–H groups in total. The number of fused-ring (bicyclic) bond motifs is 2. The molecule has 0 aliphatic heterocycles. The summed E-state index contributed by atoms with van der Waals surface area (Å²) in [7, 11) is 0. The third kappa shape index (κ3) is 4.47. The highest BCUT2D eigenvalue weighted by Gasteiger charge is 2.34. The lowest BCUT2D eigenvalue weighted by Gasteiger charge is -2.16. The van der Waals surface area contributed by atoms with Crippen molar-refractivity contribution in [3.05, 3.63) is 107 Å². The van der Waals surface area contributed by atoms with E-state index in [4.69, 9.17) is 5.73 Å². The van der Waals surface area contributed by atoms with Crippen LogP contribution in [0.15, 0.2) is 90.0 Å². The molecule has 34 heavy (non-hydrogen) atoms. The first-order valence-corrected chi connectivity index (χ1v) is 10.6. The number of nitrogen functional groups attached to an aromatic ring is 1. The first-order valence-electron chi connectivity index (χ1n) is 10.6. The van der Waals surface area contributed by atoms with Gasteiger partial charge in [-0.2, -0.15) is 13.2 Å². The number of benzene rings is 2. The maximum atomic E-state index is 13.3. The van der Waals surface area contributed by atoms with Crippen LogP contribution in [0.25, 0.3) is 27.5 Å². The third-order valence-corrected chi connectivity index (χ3v) is 5.33. The molecule has 0 radical (unpaired) electrons. The van der Waals surface area contributed by atoms with Gasteiger partial charge in [0, 0.05) is 23.8 Å². The van der Waals surface area contributed by atoms with E-state index in [0.717, 1.165) is 17.1 Å². The van der Waals surface area contributed by atoms with Gasteiger partial charge in [0.15, 0.2) is 0 Å². The van der Waals surface area contributed by atoms with Crippen molar-refractivity contribution in [3.8, 4) is 5.69 Å². The van der Waals surface area contributed by atoms with Crippen molar-refractivity contribution in [1.29, 1.82) is 0 Å². The van der Waals surface area contributed by atoms with Crippen LogP contribution in [0.5, 0.6) is 0 Å². The normalized spacial score (nSPS) is 11.3. The molecule has 0 unspecified atom stereocenters. The van der Waals surface area contributed by atoms with E-state index in [9.17, 15) is 18.0 Å². The highest BCUT2D eigenvalue weighted by atomic mass is 19.4. The quantitative estimate of drug-likeness (QED) is 0.361. The van der Waals surface area contributed by atoms with Crippen molar-refractivity contribution < 1.29 is 13.2 Å². The van der Waals surface area contributed by atoms with Crippen LogP contribution in [0.1, 0.15) is 18.2 Å². The van der Waals surface area contributed by atoms with E-state index in [1.165, 1.54) is 10.6 Å². The molecule has 0 amide bonds. The minimum atomic E-state index is -4.57. The van der Waals surface area contributed by atoms with E-state index < -0.39 is 17.3 Å². The molecule has 0 fully saturated rings. The number of rotatable bonds is 2. The molecule has 8 heteroatoms. The SMILES string of the molecule is CCc1cc2cccc(C(F)(F)F)c2c(=O)n1-c1ccccc1.Nc1ccnc2cccnc12. The molecule has 0 aliphatic carbocycles. The zero-order chi connectivity index (χ0) is 24.3. The Bertz CT molecular complexity index is 1510. The van der Waals surface area contributed by atoms with Gasteiger partial charge in [-0.1, -0.05) is 37.3 Å². The average molecular weight is 462 g/mol. The summed E-state index contributed by atoms with van der Waals surface area (Å²) >= 11 is 0. The van der Waals surface area contributed by atoms with Gasteiger partial charge >= 0.3 is 6.18 Å². The molecule has 2 aromatic carbocycles. The molecule has 0 saturated carbocycles. The summed E-state index contributed by atoms with van der Waals surface area (Å²) in [5, 5.41) is 0.0231. The van der Waals surface area contributed by atoms with Crippen molar-refractivity contribution in [1.82, 2.24) is 14.5 Å². The largest absolute Gasteiger partial charge is 0.417 e. The minimum absolute atomic E-state index is 0.291. The highest BCUT2D eigenvalue weighted by Crippen LogP contribution is 2.33. The Labute approximate surface area is 193 Å². The van der Waals surface area contributed by atoms with Crippen LogP contribution in [0.4, 0.5) is 18.9 Å². The Kier molecular flexibility index (Phi) is 6.32. The van der Waals surface area contributed by atoms with Gasteiger partial charge in [0.1, 0.15) is 5.52 Å². The summed E-state index contributed by atoms with van der Waals surface area (Å²) in [5.74, 6) is 0. The second-order valence-corrected chi connectivity index (χ2v) is 7.50. The molecule has 5 nitrogen and oxygen atoms in total. The molecule has 0 aliphatic rings. The summed E-state index contributed by atoms with van der Waals surface area (Å²) in [4.78, 5) is 21.0. The number of aryl methyl sites for hydroxylation is 1. The Balaban J connectivity index is 0.000000207. The van der Waals surface area contributed by atoms with E-state index in [0.29, 0.717) is 28.9 Å². The number of aromatic nitrogens is 3. The first kappa shape index (κ1) is 23.0. The molecule has 3 heterocycles. The van der Waals surface area contributed by atoms with Crippen molar-refractivity contribution in [3.63, 3.8) is 0 Å². The van der Waals surface area contributed by atoms with Crippen LogP contribution in [0.2, 0.25) is 0 Å². The lowest BCUT2D eigenvalue weighted by Crippen LogP contribution is -2.24. The van der Waals surface area contributed by atoms with E-state index in [1.54, 1.807) is 60.9 Å². The van der Waals surface area contributed by atoms with Crippen LogP contribution in [0, 0.1) is 0 Å². The number of anilines is 1. The Morgan fingerprint density at radius 2 is 1.68 bits per heavy atom. The number of nitrogens with two attached hydrogens (primary N) is 1. The van der Waals surface area contributed by atoms with Crippen LogP contribution in [-0.4, -0.2) is 14.5 Å². The van der Waals surface area contributed by atoms with Gasteiger partial charge < -0.3 is 5.73 Å². The summed E-state index contributed by atoms with van der Waals surface area (Å²) < 4.78 is 41.2. The van der Waals surface area contributed by atoms with Gasteiger partial charge in [-0.25, -0.2) is 0 Å². The maximum absolute atomic E-state index is 13.3. The van der Waals surface area contributed by atoms with Crippen molar-refractivity contribution in [2.45, 2.75) is 19.5 Å². The molecule has 5 rings (SSSR count). The van der Waals surface area contributed by atoms with Crippen LogP contribution < -0.4 is 11.3 Å². The molecule has 5 aromatic rings. The van der Waals surface area contributed by atoms with Gasteiger partial charge in [0.25, 0.3) is 5.56 Å². The van der Waals surface area contributed by atoms with Gasteiger partial charge in [0.05, 0.1) is 22.2 Å². The number of alkyl halides is 3. The molecule has 172 valence electrons. The van der Waals surface area contributed by atoms with Gasteiger partial charge in [-0.15, -0.1) is 0 Å². The van der Waals surface area contributed by atoms with Gasteiger partial charge in [-0.05, 0) is 54.3 Å². The number of pyridine rings is 3. The highest BCUT2D eigenvalue weighted by molar-refractivity contribution is 5.86. The zero-order valence-electron chi connectivity index (χ0n) is 18.3. The lowest BCUT2D eigenvalue weighted by atomic mass is 10.0. The Morgan fingerprint density at radius 1 is 0.912 bits per heavy atom. The Hall–Kier alpha value is -4.20. The zero-order valence-corrected chi connectivity index (χ0v) is 18.3. The first-order chi connectivity index (χ1) is 16.3. The van der Waals surface area contributed by atoms with Crippen LogP contribution in [-0.2, 0) is 12.6 Å². The van der Waals surface area contributed by atoms with E-state index in [1.807, 2.05) is 19.1 Å². The molecule has 0 spiro atoms. The second-order valence-electron chi connectivity index (χ2n) is 7.50. The van der Waals surface area contributed by atoms with Crippen molar-refractivity contribution in [2.75, 3.05) is 5.73 Å².